The summed E-state index contributed by atoms with van der Waals surface area (Å²) in [6, 6.07) is 8.21. The third-order valence-corrected chi connectivity index (χ3v) is 5.69. The van der Waals surface area contributed by atoms with E-state index < -0.39 is 0 Å². The second kappa shape index (κ2) is 8.30. The Morgan fingerprint density at radius 3 is 2.69 bits per heavy atom. The molecule has 1 fully saturated rings. The molecule has 29 heavy (non-hydrogen) atoms. The lowest BCUT2D eigenvalue weighted by atomic mass is 9.96. The number of aryl methyl sites for hydroxylation is 1. The number of thiocarbonyl (C=S) groups is 1. The fraction of sp³-hybridized carbons (Fsp3) is 0.400. The van der Waals surface area contributed by atoms with Crippen LogP contribution in [0.3, 0.4) is 0 Å². The van der Waals surface area contributed by atoms with Crippen LogP contribution in [0.4, 0.5) is 0 Å². The monoisotopic (exact) mass is 411 g/mol. The Hall–Kier alpha value is -2.78. The molecule has 2 unspecified atom stereocenters. The van der Waals surface area contributed by atoms with Crippen molar-refractivity contribution in [1.82, 2.24) is 34.8 Å². The second-order valence-electron chi connectivity index (χ2n) is 7.15. The number of rotatable bonds is 7. The smallest absolute Gasteiger partial charge is 0.170 e. The number of pyridine rings is 1. The van der Waals surface area contributed by atoms with E-state index in [9.17, 15) is 0 Å². The summed E-state index contributed by atoms with van der Waals surface area (Å²) in [6.45, 7) is 5.71. The van der Waals surface area contributed by atoms with Gasteiger partial charge in [0.2, 0.25) is 0 Å². The third-order valence-electron chi connectivity index (χ3n) is 5.34. The summed E-state index contributed by atoms with van der Waals surface area (Å²) in [5.74, 6) is 0. The van der Waals surface area contributed by atoms with Crippen LogP contribution in [0.15, 0.2) is 43.1 Å². The van der Waals surface area contributed by atoms with E-state index in [1.54, 1.807) is 19.8 Å². The minimum Gasteiger partial charge on any atom is -0.385 e. The molecular weight excluding hydrogens is 386 g/mol. The van der Waals surface area contributed by atoms with Crippen LogP contribution in [-0.2, 0) is 4.74 Å². The Morgan fingerprint density at radius 1 is 1.21 bits per heavy atom. The topological polar surface area (TPSA) is 73.0 Å². The van der Waals surface area contributed by atoms with Gasteiger partial charge in [0.1, 0.15) is 12.7 Å². The van der Waals surface area contributed by atoms with Gasteiger partial charge in [-0.15, -0.1) is 10.2 Å². The van der Waals surface area contributed by atoms with Crippen LogP contribution in [0.5, 0.6) is 0 Å². The van der Waals surface area contributed by atoms with E-state index in [1.165, 1.54) is 5.56 Å². The van der Waals surface area contributed by atoms with Crippen molar-refractivity contribution in [2.45, 2.75) is 32.4 Å². The molecule has 3 aromatic heterocycles. The predicted octanol–water partition coefficient (Wildman–Crippen LogP) is 2.41. The van der Waals surface area contributed by atoms with E-state index in [-0.39, 0.29) is 12.1 Å². The minimum atomic E-state index is -0.0268. The Morgan fingerprint density at radius 2 is 2.00 bits per heavy atom. The maximum Gasteiger partial charge on any atom is 0.170 e. The molecule has 3 aromatic rings. The van der Waals surface area contributed by atoms with Gasteiger partial charge in [0, 0.05) is 43.4 Å². The Labute approximate surface area is 175 Å². The first-order valence-corrected chi connectivity index (χ1v) is 10.0. The van der Waals surface area contributed by atoms with Crippen molar-refractivity contribution in [1.29, 1.82) is 0 Å². The molecule has 0 aliphatic carbocycles. The first-order chi connectivity index (χ1) is 14.1. The van der Waals surface area contributed by atoms with Crippen molar-refractivity contribution in [2.24, 2.45) is 0 Å². The molecule has 9 heteroatoms. The molecule has 4 rings (SSSR count). The number of methoxy groups -OCH3 is 1. The van der Waals surface area contributed by atoms with Gasteiger partial charge in [0.15, 0.2) is 5.11 Å². The molecule has 0 radical (unpaired) electrons. The molecule has 0 aromatic carbocycles. The highest BCUT2D eigenvalue weighted by Crippen LogP contribution is 2.40. The fourth-order valence-electron chi connectivity index (χ4n) is 4.09. The van der Waals surface area contributed by atoms with Crippen LogP contribution in [0, 0.1) is 13.8 Å². The van der Waals surface area contributed by atoms with Crippen LogP contribution >= 0.6 is 12.2 Å². The van der Waals surface area contributed by atoms with Crippen molar-refractivity contribution < 1.29 is 4.74 Å². The highest BCUT2D eigenvalue weighted by atomic mass is 32.1. The van der Waals surface area contributed by atoms with E-state index in [1.807, 2.05) is 29.1 Å². The molecule has 8 nitrogen and oxygen atoms in total. The first kappa shape index (κ1) is 19.5. The normalized spacial score (nSPS) is 19.0. The standard InChI is InChI=1S/C20H25N7OS/c1-14-11-16(15(2)27(14)25-12-22-23-13-25)19-18(17-7-4-5-8-21-17)24-20(29)26(19)9-6-10-28-3/h4-5,7-8,11-13,18-19H,6,9-10H2,1-3H3,(H,24,29). The molecule has 152 valence electrons. The summed E-state index contributed by atoms with van der Waals surface area (Å²) in [6.07, 6.45) is 6.13. The van der Waals surface area contributed by atoms with E-state index in [4.69, 9.17) is 17.0 Å². The fourth-order valence-corrected chi connectivity index (χ4v) is 4.43. The van der Waals surface area contributed by atoms with Crippen molar-refractivity contribution in [3.05, 3.63) is 65.8 Å². The van der Waals surface area contributed by atoms with E-state index >= 15 is 0 Å². The van der Waals surface area contributed by atoms with Gasteiger partial charge in [-0.1, -0.05) is 6.07 Å². The molecule has 0 spiro atoms. The van der Waals surface area contributed by atoms with E-state index in [0.717, 1.165) is 35.2 Å². The summed E-state index contributed by atoms with van der Waals surface area (Å²) in [5.41, 5.74) is 4.41. The number of hydrogen-bond donors (Lipinski definition) is 1. The lowest BCUT2D eigenvalue weighted by Crippen LogP contribution is -2.31. The van der Waals surface area contributed by atoms with Gasteiger partial charge in [-0.05, 0) is 50.7 Å². The Balaban J connectivity index is 1.77. The maximum absolute atomic E-state index is 5.72. The zero-order valence-electron chi connectivity index (χ0n) is 16.8. The van der Waals surface area contributed by atoms with Gasteiger partial charge in [-0.2, -0.15) is 0 Å². The highest BCUT2D eigenvalue weighted by Gasteiger charge is 2.41. The number of nitrogens with one attached hydrogen (secondary N) is 1. The number of aromatic nitrogens is 5. The molecule has 0 saturated carbocycles. The zero-order chi connectivity index (χ0) is 20.4. The van der Waals surface area contributed by atoms with E-state index in [0.29, 0.717) is 6.61 Å². The van der Waals surface area contributed by atoms with Gasteiger partial charge in [0.05, 0.1) is 17.8 Å². The number of ether oxygens (including phenoxy) is 1. The lowest BCUT2D eigenvalue weighted by molar-refractivity contribution is 0.180. The minimum absolute atomic E-state index is 0.0268. The number of nitrogens with zero attached hydrogens (tertiary/aromatic N) is 6. The van der Waals surface area contributed by atoms with Crippen LogP contribution in [0.2, 0.25) is 0 Å². The third kappa shape index (κ3) is 3.63. The molecule has 2 atom stereocenters. The van der Waals surface area contributed by atoms with Crippen molar-refractivity contribution >= 4 is 17.3 Å². The molecule has 0 bridgehead atoms. The van der Waals surface area contributed by atoms with Gasteiger partial charge in [-0.25, -0.2) is 4.68 Å². The summed E-state index contributed by atoms with van der Waals surface area (Å²) >= 11 is 5.72. The second-order valence-corrected chi connectivity index (χ2v) is 7.53. The Bertz CT molecular complexity index is 970. The van der Waals surface area contributed by atoms with Crippen molar-refractivity contribution in [3.8, 4) is 0 Å². The zero-order valence-corrected chi connectivity index (χ0v) is 17.6. The van der Waals surface area contributed by atoms with Crippen LogP contribution < -0.4 is 5.32 Å². The molecular formula is C20H25N7OS. The quantitative estimate of drug-likeness (QED) is 0.473. The van der Waals surface area contributed by atoms with Crippen molar-refractivity contribution in [2.75, 3.05) is 20.3 Å². The molecule has 1 N–H and O–H groups in total. The Kier molecular flexibility index (Phi) is 5.59. The van der Waals surface area contributed by atoms with Crippen LogP contribution in [-0.4, -0.2) is 54.8 Å². The molecule has 1 aliphatic rings. The molecule has 4 heterocycles. The maximum atomic E-state index is 5.72. The summed E-state index contributed by atoms with van der Waals surface area (Å²) in [5, 5.41) is 12.1. The first-order valence-electron chi connectivity index (χ1n) is 9.63. The number of hydrogen-bond acceptors (Lipinski definition) is 5. The van der Waals surface area contributed by atoms with Gasteiger partial charge < -0.3 is 15.0 Å². The highest BCUT2D eigenvalue weighted by molar-refractivity contribution is 7.80. The average molecular weight is 412 g/mol. The summed E-state index contributed by atoms with van der Waals surface area (Å²) in [4.78, 5) is 6.86. The SMILES string of the molecule is COCCCN1C(=S)NC(c2ccccn2)C1c1cc(C)n(-n2cnnc2)c1C. The molecule has 1 aliphatic heterocycles. The molecule has 0 amide bonds. The van der Waals surface area contributed by atoms with Crippen LogP contribution in [0.25, 0.3) is 0 Å². The van der Waals surface area contributed by atoms with Crippen molar-refractivity contribution in [3.63, 3.8) is 0 Å². The van der Waals surface area contributed by atoms with E-state index in [2.05, 4.69) is 50.0 Å². The van der Waals surface area contributed by atoms with Gasteiger partial charge >= 0.3 is 0 Å². The molecule has 1 saturated heterocycles. The van der Waals surface area contributed by atoms with Gasteiger partial charge in [0.25, 0.3) is 0 Å². The summed E-state index contributed by atoms with van der Waals surface area (Å²) < 4.78 is 9.26. The van der Waals surface area contributed by atoms with Crippen LogP contribution in [0.1, 0.15) is 41.1 Å². The van der Waals surface area contributed by atoms with Gasteiger partial charge in [-0.3, -0.25) is 9.66 Å². The predicted molar refractivity (Wildman–Crippen MR) is 113 cm³/mol. The lowest BCUT2D eigenvalue weighted by Gasteiger charge is -2.28. The average Bonchev–Trinajstić information content (AvgIpc) is 3.42. The summed E-state index contributed by atoms with van der Waals surface area (Å²) in [7, 11) is 1.72. The largest absolute Gasteiger partial charge is 0.385 e.